The highest BCUT2D eigenvalue weighted by Crippen LogP contribution is 2.14. The number of nitrogens with two attached hydrogens (primary N) is 1. The summed E-state index contributed by atoms with van der Waals surface area (Å²) in [6, 6.07) is 1.68. The van der Waals surface area contributed by atoms with Gasteiger partial charge in [-0.3, -0.25) is 9.78 Å². The van der Waals surface area contributed by atoms with E-state index in [0.29, 0.717) is 10.6 Å². The molecule has 0 aromatic carbocycles. The van der Waals surface area contributed by atoms with Crippen LogP contribution in [0.2, 0.25) is 5.02 Å². The summed E-state index contributed by atoms with van der Waals surface area (Å²) in [5.74, 6) is -0.340. The maximum atomic E-state index is 11.5. The second kappa shape index (κ2) is 5.46. The largest absolute Gasteiger partial charge is 0.459 e. The van der Waals surface area contributed by atoms with Gasteiger partial charge in [0.1, 0.15) is 19.5 Å². The summed E-state index contributed by atoms with van der Waals surface area (Å²) in [5.41, 5.74) is 6.01. The van der Waals surface area contributed by atoms with Crippen molar-refractivity contribution in [1.29, 1.82) is 0 Å². The van der Waals surface area contributed by atoms with E-state index in [9.17, 15) is 4.79 Å². The Hall–Kier alpha value is -2.15. The Balaban J connectivity index is 1.87. The van der Waals surface area contributed by atoms with Crippen LogP contribution < -0.4 is 5.73 Å². The second-order valence-electron chi connectivity index (χ2n) is 3.43. The van der Waals surface area contributed by atoms with Crippen molar-refractivity contribution in [2.24, 2.45) is 0 Å². The molecule has 8 heteroatoms. The van der Waals surface area contributed by atoms with Crippen molar-refractivity contribution in [3.63, 3.8) is 0 Å². The summed E-state index contributed by atoms with van der Waals surface area (Å²) < 4.78 is 6.34. The van der Waals surface area contributed by atoms with Crippen molar-refractivity contribution >= 4 is 23.5 Å². The zero-order valence-electron chi connectivity index (χ0n) is 9.28. The monoisotopic (exact) mass is 267 g/mol. The Morgan fingerprint density at radius 2 is 2.39 bits per heavy atom. The van der Waals surface area contributed by atoms with Gasteiger partial charge in [-0.15, -0.1) is 5.10 Å². The molecule has 0 aliphatic carbocycles. The zero-order valence-corrected chi connectivity index (χ0v) is 10.0. The molecule has 94 valence electrons. The van der Waals surface area contributed by atoms with Gasteiger partial charge in [0.05, 0.1) is 5.02 Å². The number of hydrogen-bond donors (Lipinski definition) is 1. The fourth-order valence-corrected chi connectivity index (χ4v) is 1.42. The van der Waals surface area contributed by atoms with E-state index >= 15 is 0 Å². The summed E-state index contributed by atoms with van der Waals surface area (Å²) in [6.45, 7) is 0.0390. The number of carbonyl (C=O) groups is 1. The molecule has 2 heterocycles. The van der Waals surface area contributed by atoms with Crippen LogP contribution in [0.25, 0.3) is 0 Å². The lowest BCUT2D eigenvalue weighted by Gasteiger charge is -2.05. The third-order valence-corrected chi connectivity index (χ3v) is 2.43. The van der Waals surface area contributed by atoms with Gasteiger partial charge in [-0.05, 0) is 6.07 Å². The number of ether oxygens (including phenoxy) is 1. The fraction of sp³-hybridized carbons (Fsp3) is 0.200. The van der Waals surface area contributed by atoms with Gasteiger partial charge in [0, 0.05) is 18.0 Å². The SMILES string of the molecule is Nc1ncn(CC(=O)OCc2ccncc2Cl)n1. The molecule has 0 aliphatic rings. The third-order valence-electron chi connectivity index (χ3n) is 2.09. The van der Waals surface area contributed by atoms with Crippen molar-refractivity contribution in [2.75, 3.05) is 5.73 Å². The standard InChI is InChI=1S/C10H10ClN5O2/c11-8-3-13-2-1-7(8)5-18-9(17)4-16-6-14-10(12)15-16/h1-3,6H,4-5H2,(H2,12,15). The molecule has 2 aromatic rings. The van der Waals surface area contributed by atoms with Crippen LogP contribution in [0.3, 0.4) is 0 Å². The van der Waals surface area contributed by atoms with Gasteiger partial charge in [0.2, 0.25) is 5.95 Å². The van der Waals surface area contributed by atoms with Crippen molar-refractivity contribution in [3.8, 4) is 0 Å². The Kier molecular flexibility index (Phi) is 3.73. The summed E-state index contributed by atoms with van der Waals surface area (Å²) in [4.78, 5) is 19.0. The van der Waals surface area contributed by atoms with Crippen molar-refractivity contribution in [3.05, 3.63) is 35.4 Å². The highest BCUT2D eigenvalue weighted by molar-refractivity contribution is 6.31. The van der Waals surface area contributed by atoms with Gasteiger partial charge >= 0.3 is 5.97 Å². The highest BCUT2D eigenvalue weighted by Gasteiger charge is 2.07. The molecule has 0 bridgehead atoms. The number of anilines is 1. The molecule has 0 atom stereocenters. The number of rotatable bonds is 4. The second-order valence-corrected chi connectivity index (χ2v) is 3.84. The number of nitrogens with zero attached hydrogens (tertiary/aromatic N) is 4. The number of halogens is 1. The van der Waals surface area contributed by atoms with Crippen molar-refractivity contribution in [2.45, 2.75) is 13.2 Å². The highest BCUT2D eigenvalue weighted by atomic mass is 35.5. The van der Waals surface area contributed by atoms with Gasteiger partial charge in [-0.25, -0.2) is 9.67 Å². The Morgan fingerprint density at radius 1 is 1.56 bits per heavy atom. The van der Waals surface area contributed by atoms with Crippen LogP contribution in [0.15, 0.2) is 24.8 Å². The van der Waals surface area contributed by atoms with E-state index in [0.717, 1.165) is 0 Å². The van der Waals surface area contributed by atoms with E-state index in [-0.39, 0.29) is 19.1 Å². The van der Waals surface area contributed by atoms with E-state index in [2.05, 4.69) is 15.1 Å². The van der Waals surface area contributed by atoms with Crippen LogP contribution in [-0.2, 0) is 22.7 Å². The number of esters is 1. The van der Waals surface area contributed by atoms with Gasteiger partial charge in [-0.2, -0.15) is 0 Å². The average Bonchev–Trinajstić information content (AvgIpc) is 2.74. The molecular weight excluding hydrogens is 258 g/mol. The molecule has 18 heavy (non-hydrogen) atoms. The topological polar surface area (TPSA) is 95.9 Å². The molecule has 0 radical (unpaired) electrons. The van der Waals surface area contributed by atoms with Crippen LogP contribution in [0, 0.1) is 0 Å². The maximum absolute atomic E-state index is 11.5. The number of carbonyl (C=O) groups excluding carboxylic acids is 1. The molecule has 0 saturated heterocycles. The Morgan fingerprint density at radius 3 is 3.06 bits per heavy atom. The van der Waals surface area contributed by atoms with E-state index in [4.69, 9.17) is 22.1 Å². The summed E-state index contributed by atoms with van der Waals surface area (Å²) >= 11 is 5.87. The maximum Gasteiger partial charge on any atom is 0.328 e. The van der Waals surface area contributed by atoms with Crippen LogP contribution in [0.4, 0.5) is 5.95 Å². The molecule has 0 aliphatic heterocycles. The first-order chi connectivity index (χ1) is 8.65. The van der Waals surface area contributed by atoms with Crippen LogP contribution in [-0.4, -0.2) is 25.7 Å². The number of pyridine rings is 1. The molecule has 0 saturated carbocycles. The van der Waals surface area contributed by atoms with Gasteiger partial charge < -0.3 is 10.5 Å². The Labute approximate surface area is 108 Å². The molecule has 0 unspecified atom stereocenters. The zero-order chi connectivity index (χ0) is 13.0. The summed E-state index contributed by atoms with van der Waals surface area (Å²) in [5, 5.41) is 4.22. The predicted octanol–water partition coefficient (Wildman–Crippen LogP) is 0.652. The lowest BCUT2D eigenvalue weighted by atomic mass is 10.3. The van der Waals surface area contributed by atoms with Gasteiger partial charge in [0.15, 0.2) is 0 Å². The molecule has 0 fully saturated rings. The number of nitrogen functional groups attached to an aromatic ring is 1. The molecular formula is C10H10ClN5O2. The minimum absolute atomic E-state index is 0.0487. The smallest absolute Gasteiger partial charge is 0.328 e. The lowest BCUT2D eigenvalue weighted by Crippen LogP contribution is -2.14. The molecule has 0 amide bonds. The predicted molar refractivity (Wildman–Crippen MR) is 63.5 cm³/mol. The molecule has 2 aromatic heterocycles. The first kappa shape index (κ1) is 12.3. The normalized spacial score (nSPS) is 10.3. The summed E-state index contributed by atoms with van der Waals surface area (Å²) in [7, 11) is 0. The van der Waals surface area contributed by atoms with Gasteiger partial charge in [-0.1, -0.05) is 11.6 Å². The summed E-state index contributed by atoms with van der Waals surface area (Å²) in [6.07, 6.45) is 4.42. The van der Waals surface area contributed by atoms with E-state index in [1.54, 1.807) is 12.3 Å². The molecule has 2 rings (SSSR count). The first-order valence-corrected chi connectivity index (χ1v) is 5.42. The molecule has 0 spiro atoms. The van der Waals surface area contributed by atoms with E-state index in [1.807, 2.05) is 0 Å². The lowest BCUT2D eigenvalue weighted by molar-refractivity contribution is -0.145. The quantitative estimate of drug-likeness (QED) is 0.817. The van der Waals surface area contributed by atoms with Crippen LogP contribution in [0.5, 0.6) is 0 Å². The third kappa shape index (κ3) is 3.17. The fourth-order valence-electron chi connectivity index (χ4n) is 1.24. The van der Waals surface area contributed by atoms with E-state index < -0.39 is 5.97 Å². The minimum Gasteiger partial charge on any atom is -0.459 e. The average molecular weight is 268 g/mol. The van der Waals surface area contributed by atoms with Crippen molar-refractivity contribution in [1.82, 2.24) is 19.7 Å². The number of hydrogen-bond acceptors (Lipinski definition) is 6. The Bertz CT molecular complexity index is 557. The first-order valence-electron chi connectivity index (χ1n) is 5.04. The number of aromatic nitrogens is 4. The molecule has 7 nitrogen and oxygen atoms in total. The van der Waals surface area contributed by atoms with E-state index in [1.165, 1.54) is 17.2 Å². The van der Waals surface area contributed by atoms with Crippen LogP contribution in [0.1, 0.15) is 5.56 Å². The molecule has 2 N–H and O–H groups in total. The van der Waals surface area contributed by atoms with Crippen LogP contribution >= 0.6 is 11.6 Å². The van der Waals surface area contributed by atoms with Crippen molar-refractivity contribution < 1.29 is 9.53 Å². The van der Waals surface area contributed by atoms with Gasteiger partial charge in [0.25, 0.3) is 0 Å². The minimum atomic E-state index is -0.451.